The molecule has 21 heavy (non-hydrogen) atoms. The summed E-state index contributed by atoms with van der Waals surface area (Å²) in [4.78, 5) is 14.5. The zero-order valence-corrected chi connectivity index (χ0v) is 14.0. The average Bonchev–Trinajstić information content (AvgIpc) is 2.45. The second kappa shape index (κ2) is 6.96. The van der Waals surface area contributed by atoms with E-state index in [9.17, 15) is 4.79 Å². The van der Waals surface area contributed by atoms with Crippen molar-refractivity contribution in [3.8, 4) is 0 Å². The molecule has 0 aromatic heterocycles. The quantitative estimate of drug-likeness (QED) is 0.793. The molecule has 0 bridgehead atoms. The molecule has 0 heterocycles. The first kappa shape index (κ1) is 15.9. The van der Waals surface area contributed by atoms with Crippen molar-refractivity contribution in [1.29, 1.82) is 0 Å². The maximum absolute atomic E-state index is 12.8. The molecule has 5 heteroatoms. The van der Waals surface area contributed by atoms with Crippen LogP contribution in [0.1, 0.15) is 23.7 Å². The zero-order valence-electron chi connectivity index (χ0n) is 11.6. The molecule has 0 saturated carbocycles. The van der Waals surface area contributed by atoms with Crippen molar-refractivity contribution < 1.29 is 4.79 Å². The number of nitrogen functional groups attached to an aromatic ring is 1. The third-order valence-corrected chi connectivity index (χ3v) is 3.95. The molecule has 3 nitrogen and oxygen atoms in total. The minimum atomic E-state index is -0.0647. The lowest BCUT2D eigenvalue weighted by Crippen LogP contribution is -2.31. The van der Waals surface area contributed by atoms with Crippen LogP contribution in [0.15, 0.2) is 46.9 Å². The van der Waals surface area contributed by atoms with E-state index in [1.165, 1.54) is 0 Å². The first-order valence-corrected chi connectivity index (χ1v) is 7.82. The number of amides is 1. The first-order valence-electron chi connectivity index (χ1n) is 6.65. The Balaban J connectivity index is 2.37. The van der Waals surface area contributed by atoms with Crippen molar-refractivity contribution in [2.24, 2.45) is 0 Å². The number of nitrogens with zero attached hydrogens (tertiary/aromatic N) is 1. The van der Waals surface area contributed by atoms with Crippen LogP contribution in [0.4, 0.5) is 11.4 Å². The van der Waals surface area contributed by atoms with Gasteiger partial charge in [0, 0.05) is 27.4 Å². The number of halogens is 2. The summed E-state index contributed by atoms with van der Waals surface area (Å²) < 4.78 is 0.691. The summed E-state index contributed by atoms with van der Waals surface area (Å²) in [6, 6.07) is 12.5. The van der Waals surface area contributed by atoms with E-state index in [2.05, 4.69) is 15.9 Å². The maximum atomic E-state index is 12.8. The molecule has 0 aliphatic carbocycles. The molecule has 0 saturated heterocycles. The van der Waals surface area contributed by atoms with Crippen molar-refractivity contribution in [3.05, 3.63) is 57.5 Å². The Bertz CT molecular complexity index is 643. The van der Waals surface area contributed by atoms with Gasteiger partial charge in [0.2, 0.25) is 0 Å². The Hall–Kier alpha value is -1.52. The van der Waals surface area contributed by atoms with Gasteiger partial charge in [0.1, 0.15) is 0 Å². The smallest absolute Gasteiger partial charge is 0.259 e. The number of hydrogen-bond donors (Lipinski definition) is 1. The number of carbonyl (C=O) groups is 1. The second-order valence-corrected chi connectivity index (χ2v) is 5.96. The maximum Gasteiger partial charge on any atom is 0.259 e. The lowest BCUT2D eigenvalue weighted by atomic mass is 10.1. The van der Waals surface area contributed by atoms with Crippen LogP contribution >= 0.6 is 27.5 Å². The molecule has 0 spiro atoms. The number of hydrogen-bond acceptors (Lipinski definition) is 2. The minimum Gasteiger partial charge on any atom is -0.399 e. The molecule has 2 rings (SSSR count). The van der Waals surface area contributed by atoms with Gasteiger partial charge in [0.15, 0.2) is 0 Å². The molecule has 0 atom stereocenters. The minimum absolute atomic E-state index is 0.0647. The van der Waals surface area contributed by atoms with Gasteiger partial charge in [-0.25, -0.2) is 0 Å². The van der Waals surface area contributed by atoms with Crippen LogP contribution < -0.4 is 10.6 Å². The third kappa shape index (κ3) is 3.77. The van der Waals surface area contributed by atoms with E-state index < -0.39 is 0 Å². The fourth-order valence-electron chi connectivity index (χ4n) is 2.03. The molecule has 0 aliphatic rings. The van der Waals surface area contributed by atoms with E-state index in [1.807, 2.05) is 19.1 Å². The molecular weight excluding hydrogens is 352 g/mol. The van der Waals surface area contributed by atoms with Crippen LogP contribution in [0.2, 0.25) is 5.02 Å². The van der Waals surface area contributed by atoms with Crippen LogP contribution in [0.5, 0.6) is 0 Å². The van der Waals surface area contributed by atoms with E-state index in [4.69, 9.17) is 17.3 Å². The van der Waals surface area contributed by atoms with E-state index in [-0.39, 0.29) is 5.91 Å². The number of anilines is 2. The number of benzene rings is 2. The van der Waals surface area contributed by atoms with Gasteiger partial charge in [-0.3, -0.25) is 4.79 Å². The lowest BCUT2D eigenvalue weighted by Gasteiger charge is -2.23. The summed E-state index contributed by atoms with van der Waals surface area (Å²) in [5, 5.41) is 0.591. The van der Waals surface area contributed by atoms with E-state index in [0.717, 1.165) is 12.1 Å². The van der Waals surface area contributed by atoms with E-state index in [0.29, 0.717) is 27.3 Å². The predicted molar refractivity (Wildman–Crippen MR) is 92.0 cm³/mol. The molecule has 1 amide bonds. The summed E-state index contributed by atoms with van der Waals surface area (Å²) in [5.41, 5.74) is 7.80. The molecular formula is C16H16BrClN2O. The van der Waals surface area contributed by atoms with Gasteiger partial charge >= 0.3 is 0 Å². The first-order chi connectivity index (χ1) is 10.0. The van der Waals surface area contributed by atoms with Crippen molar-refractivity contribution >= 4 is 44.8 Å². The molecule has 110 valence electrons. The average molecular weight is 368 g/mol. The third-order valence-electron chi connectivity index (χ3n) is 3.06. The summed E-state index contributed by atoms with van der Waals surface area (Å²) in [6.07, 6.45) is 0.862. The largest absolute Gasteiger partial charge is 0.399 e. The van der Waals surface area contributed by atoms with Crippen LogP contribution in [-0.2, 0) is 0 Å². The van der Waals surface area contributed by atoms with Gasteiger partial charge in [0.25, 0.3) is 5.91 Å². The van der Waals surface area contributed by atoms with Gasteiger partial charge in [-0.2, -0.15) is 0 Å². The SMILES string of the molecule is CCCN(C(=O)c1ccc(Cl)cc1Br)c1ccc(N)cc1. The van der Waals surface area contributed by atoms with Crippen molar-refractivity contribution in [3.63, 3.8) is 0 Å². The number of rotatable bonds is 4. The summed E-state index contributed by atoms with van der Waals surface area (Å²) in [6.45, 7) is 2.67. The Labute approximate surface area is 137 Å². The highest BCUT2D eigenvalue weighted by Gasteiger charge is 2.19. The molecule has 2 aromatic rings. The number of nitrogens with two attached hydrogens (primary N) is 1. The highest BCUT2D eigenvalue weighted by molar-refractivity contribution is 9.10. The van der Waals surface area contributed by atoms with E-state index in [1.54, 1.807) is 35.2 Å². The van der Waals surface area contributed by atoms with E-state index >= 15 is 0 Å². The molecule has 0 unspecified atom stereocenters. The fraction of sp³-hybridized carbons (Fsp3) is 0.188. The molecule has 0 aliphatic heterocycles. The van der Waals surface area contributed by atoms with Gasteiger partial charge in [-0.05, 0) is 64.8 Å². The zero-order chi connectivity index (χ0) is 15.4. The Morgan fingerprint density at radius 1 is 1.24 bits per heavy atom. The van der Waals surface area contributed by atoms with Gasteiger partial charge in [0.05, 0.1) is 5.56 Å². The summed E-state index contributed by atoms with van der Waals surface area (Å²) >= 11 is 9.33. The van der Waals surface area contributed by atoms with Crippen molar-refractivity contribution in [1.82, 2.24) is 0 Å². The highest BCUT2D eigenvalue weighted by atomic mass is 79.9. The highest BCUT2D eigenvalue weighted by Crippen LogP contribution is 2.25. The van der Waals surface area contributed by atoms with Crippen LogP contribution in [0.25, 0.3) is 0 Å². The Kier molecular flexibility index (Phi) is 5.26. The molecule has 2 aromatic carbocycles. The topological polar surface area (TPSA) is 46.3 Å². The molecule has 2 N–H and O–H groups in total. The van der Waals surface area contributed by atoms with Gasteiger partial charge < -0.3 is 10.6 Å². The standard InChI is InChI=1S/C16H16BrClN2O/c1-2-9-20(13-6-4-12(19)5-7-13)16(21)14-8-3-11(18)10-15(14)17/h3-8,10H,2,9,19H2,1H3. The van der Waals surface area contributed by atoms with Crippen LogP contribution in [0, 0.1) is 0 Å². The van der Waals surface area contributed by atoms with Crippen molar-refractivity contribution in [2.75, 3.05) is 17.2 Å². The van der Waals surface area contributed by atoms with Crippen LogP contribution in [0.3, 0.4) is 0 Å². The normalized spacial score (nSPS) is 10.4. The Morgan fingerprint density at radius 3 is 2.48 bits per heavy atom. The molecule has 0 fully saturated rings. The number of carbonyl (C=O) groups excluding carboxylic acids is 1. The van der Waals surface area contributed by atoms with Crippen LogP contribution in [-0.4, -0.2) is 12.5 Å². The fourth-order valence-corrected chi connectivity index (χ4v) is 2.89. The lowest BCUT2D eigenvalue weighted by molar-refractivity contribution is 0.0986. The second-order valence-electron chi connectivity index (χ2n) is 4.67. The Morgan fingerprint density at radius 2 is 1.90 bits per heavy atom. The van der Waals surface area contributed by atoms with Gasteiger partial charge in [-0.15, -0.1) is 0 Å². The predicted octanol–water partition coefficient (Wildman–Crippen LogP) is 4.74. The molecule has 0 radical (unpaired) electrons. The summed E-state index contributed by atoms with van der Waals surface area (Å²) in [7, 11) is 0. The van der Waals surface area contributed by atoms with Crippen molar-refractivity contribution in [2.45, 2.75) is 13.3 Å². The monoisotopic (exact) mass is 366 g/mol. The van der Waals surface area contributed by atoms with Gasteiger partial charge in [-0.1, -0.05) is 18.5 Å². The summed E-state index contributed by atoms with van der Waals surface area (Å²) in [5.74, 6) is -0.0647.